The van der Waals surface area contributed by atoms with E-state index < -0.39 is 11.6 Å². The third kappa shape index (κ3) is 4.47. The second-order valence-corrected chi connectivity index (χ2v) is 3.11. The molecule has 0 saturated heterocycles. The van der Waals surface area contributed by atoms with Gasteiger partial charge < -0.3 is 15.2 Å². The van der Waals surface area contributed by atoms with Crippen LogP contribution in [0.25, 0.3) is 0 Å². The van der Waals surface area contributed by atoms with Gasteiger partial charge in [0.15, 0.2) is 0 Å². The molecule has 1 amide bonds. The monoisotopic (exact) mass is 189 g/mol. The topological polar surface area (TPSA) is 75.6 Å². The molecule has 0 aromatic carbocycles. The normalized spacial score (nSPS) is 11.0. The molecule has 13 heavy (non-hydrogen) atoms. The number of ether oxygens (including phenoxy) is 1. The van der Waals surface area contributed by atoms with E-state index in [1.54, 1.807) is 13.8 Å². The van der Waals surface area contributed by atoms with Crippen molar-refractivity contribution >= 4 is 11.9 Å². The average molecular weight is 189 g/mol. The van der Waals surface area contributed by atoms with E-state index in [4.69, 9.17) is 9.84 Å². The Morgan fingerprint density at radius 3 is 2.38 bits per heavy atom. The molecule has 0 rings (SSSR count). The summed E-state index contributed by atoms with van der Waals surface area (Å²) < 4.78 is 4.90. The molecule has 0 bridgehead atoms. The molecule has 0 aliphatic carbocycles. The van der Waals surface area contributed by atoms with Crippen LogP contribution in [0, 0.1) is 0 Å². The van der Waals surface area contributed by atoms with Crippen molar-refractivity contribution in [3.63, 3.8) is 0 Å². The number of nitrogens with one attached hydrogen (secondary N) is 1. The maximum Gasteiger partial charge on any atom is 0.305 e. The van der Waals surface area contributed by atoms with Gasteiger partial charge in [-0.25, -0.2) is 0 Å². The molecule has 76 valence electrons. The number of rotatable bonds is 5. The van der Waals surface area contributed by atoms with Crippen molar-refractivity contribution in [2.45, 2.75) is 25.9 Å². The second kappa shape index (κ2) is 4.81. The smallest absolute Gasteiger partial charge is 0.305 e. The lowest BCUT2D eigenvalue weighted by Gasteiger charge is -2.21. The number of hydrogen-bond acceptors (Lipinski definition) is 3. The number of carboxylic acid groups (broad SMARTS) is 1. The van der Waals surface area contributed by atoms with Crippen molar-refractivity contribution in [3.8, 4) is 0 Å². The fourth-order valence-corrected chi connectivity index (χ4v) is 0.589. The Morgan fingerprint density at radius 2 is 2.00 bits per heavy atom. The zero-order valence-corrected chi connectivity index (χ0v) is 8.09. The van der Waals surface area contributed by atoms with E-state index in [-0.39, 0.29) is 18.9 Å². The zero-order valence-electron chi connectivity index (χ0n) is 8.09. The van der Waals surface area contributed by atoms with Gasteiger partial charge in [0.25, 0.3) is 5.91 Å². The number of methoxy groups -OCH3 is 1. The number of carboxylic acids is 1. The van der Waals surface area contributed by atoms with Crippen LogP contribution in [-0.4, -0.2) is 36.2 Å². The van der Waals surface area contributed by atoms with Crippen LogP contribution in [0.1, 0.15) is 20.3 Å². The summed E-state index contributed by atoms with van der Waals surface area (Å²) in [7, 11) is 1.43. The first-order valence-electron chi connectivity index (χ1n) is 3.95. The summed E-state index contributed by atoms with van der Waals surface area (Å²) in [5.41, 5.74) is -0.904. The van der Waals surface area contributed by atoms with Crippen molar-refractivity contribution < 1.29 is 19.4 Å². The van der Waals surface area contributed by atoms with E-state index in [2.05, 4.69) is 5.32 Å². The number of amides is 1. The average Bonchev–Trinajstić information content (AvgIpc) is 2.03. The third-order valence-corrected chi connectivity index (χ3v) is 1.68. The standard InChI is InChI=1S/C8H15NO4/c1-8(2,13-3)7(12)9-5-4-6(10)11/h4-5H2,1-3H3,(H,9,12)(H,10,11). The molecule has 5 nitrogen and oxygen atoms in total. The molecule has 0 aliphatic rings. The van der Waals surface area contributed by atoms with E-state index >= 15 is 0 Å². The zero-order chi connectivity index (χ0) is 10.5. The van der Waals surface area contributed by atoms with Crippen LogP contribution in [-0.2, 0) is 14.3 Å². The molecule has 5 heteroatoms. The summed E-state index contributed by atoms with van der Waals surface area (Å²) in [6, 6.07) is 0. The largest absolute Gasteiger partial charge is 0.481 e. The van der Waals surface area contributed by atoms with Crippen LogP contribution in [0.2, 0.25) is 0 Å². The van der Waals surface area contributed by atoms with E-state index in [9.17, 15) is 9.59 Å². The van der Waals surface area contributed by atoms with Gasteiger partial charge in [-0.05, 0) is 13.8 Å². The Balaban J connectivity index is 3.81. The van der Waals surface area contributed by atoms with E-state index in [0.29, 0.717) is 0 Å². The fraction of sp³-hybridized carbons (Fsp3) is 0.750. The number of carbonyl (C=O) groups is 2. The summed E-state index contributed by atoms with van der Waals surface area (Å²) >= 11 is 0. The molecule has 0 saturated carbocycles. The maximum atomic E-state index is 11.2. The molecule has 0 spiro atoms. The quantitative estimate of drug-likeness (QED) is 0.638. The van der Waals surface area contributed by atoms with Gasteiger partial charge in [-0.15, -0.1) is 0 Å². The maximum absolute atomic E-state index is 11.2. The Hall–Kier alpha value is -1.10. The molecule has 2 N–H and O–H groups in total. The molecule has 0 radical (unpaired) electrons. The lowest BCUT2D eigenvalue weighted by atomic mass is 10.1. The minimum atomic E-state index is -0.935. The van der Waals surface area contributed by atoms with Crippen LogP contribution >= 0.6 is 0 Å². The summed E-state index contributed by atoms with van der Waals surface area (Å²) in [6.45, 7) is 3.35. The minimum Gasteiger partial charge on any atom is -0.481 e. The molecular weight excluding hydrogens is 174 g/mol. The molecule has 0 aromatic rings. The van der Waals surface area contributed by atoms with Crippen LogP contribution in [0.4, 0.5) is 0 Å². The number of aliphatic carboxylic acids is 1. The van der Waals surface area contributed by atoms with Crippen molar-refractivity contribution in [1.82, 2.24) is 5.32 Å². The summed E-state index contributed by atoms with van der Waals surface area (Å²) in [6.07, 6.45) is -0.0778. The van der Waals surface area contributed by atoms with Crippen LogP contribution in [0.15, 0.2) is 0 Å². The first-order valence-corrected chi connectivity index (χ1v) is 3.95. The highest BCUT2D eigenvalue weighted by Crippen LogP contribution is 2.06. The van der Waals surface area contributed by atoms with Gasteiger partial charge in [-0.2, -0.15) is 0 Å². The summed E-state index contributed by atoms with van der Waals surface area (Å²) in [5.74, 6) is -1.24. The molecular formula is C8H15NO4. The van der Waals surface area contributed by atoms with E-state index in [1.807, 2.05) is 0 Å². The molecule has 0 aliphatic heterocycles. The molecule has 0 unspecified atom stereocenters. The highest BCUT2D eigenvalue weighted by atomic mass is 16.5. The van der Waals surface area contributed by atoms with Crippen molar-refractivity contribution in [2.75, 3.05) is 13.7 Å². The Bertz CT molecular complexity index is 200. The molecule has 0 aromatic heterocycles. The van der Waals surface area contributed by atoms with E-state index in [0.717, 1.165) is 0 Å². The van der Waals surface area contributed by atoms with Gasteiger partial charge >= 0.3 is 5.97 Å². The Labute approximate surface area is 77.1 Å². The molecule has 0 atom stereocenters. The second-order valence-electron chi connectivity index (χ2n) is 3.11. The van der Waals surface area contributed by atoms with Gasteiger partial charge in [0.1, 0.15) is 5.60 Å². The SMILES string of the molecule is COC(C)(C)C(=O)NCCC(=O)O. The van der Waals surface area contributed by atoms with Gasteiger partial charge in [0.2, 0.25) is 0 Å². The van der Waals surface area contributed by atoms with Gasteiger partial charge in [0, 0.05) is 13.7 Å². The van der Waals surface area contributed by atoms with Gasteiger partial charge in [-0.1, -0.05) is 0 Å². The Morgan fingerprint density at radius 1 is 1.46 bits per heavy atom. The molecule has 0 heterocycles. The Kier molecular flexibility index (Phi) is 4.40. The van der Waals surface area contributed by atoms with Crippen LogP contribution in [0.5, 0.6) is 0 Å². The third-order valence-electron chi connectivity index (χ3n) is 1.68. The highest BCUT2D eigenvalue weighted by molar-refractivity contribution is 5.84. The van der Waals surface area contributed by atoms with Crippen molar-refractivity contribution in [3.05, 3.63) is 0 Å². The van der Waals surface area contributed by atoms with Crippen molar-refractivity contribution in [1.29, 1.82) is 0 Å². The lowest BCUT2D eigenvalue weighted by Crippen LogP contribution is -2.44. The fourth-order valence-electron chi connectivity index (χ4n) is 0.589. The number of hydrogen-bond donors (Lipinski definition) is 2. The minimum absolute atomic E-state index is 0.0778. The first-order chi connectivity index (χ1) is 5.90. The molecule has 0 fully saturated rings. The number of carbonyl (C=O) groups excluding carboxylic acids is 1. The summed E-state index contributed by atoms with van der Waals surface area (Å²) in [4.78, 5) is 21.4. The lowest BCUT2D eigenvalue weighted by molar-refractivity contribution is -0.140. The first kappa shape index (κ1) is 11.9. The van der Waals surface area contributed by atoms with E-state index in [1.165, 1.54) is 7.11 Å². The highest BCUT2D eigenvalue weighted by Gasteiger charge is 2.26. The predicted octanol–water partition coefficient (Wildman–Crippen LogP) is 0.00230. The van der Waals surface area contributed by atoms with Gasteiger partial charge in [0.05, 0.1) is 6.42 Å². The summed E-state index contributed by atoms with van der Waals surface area (Å²) in [5, 5.41) is 10.8. The van der Waals surface area contributed by atoms with Crippen LogP contribution < -0.4 is 5.32 Å². The van der Waals surface area contributed by atoms with Crippen molar-refractivity contribution in [2.24, 2.45) is 0 Å². The van der Waals surface area contributed by atoms with Gasteiger partial charge in [-0.3, -0.25) is 9.59 Å². The van der Waals surface area contributed by atoms with Crippen LogP contribution in [0.3, 0.4) is 0 Å². The predicted molar refractivity (Wildman–Crippen MR) is 46.4 cm³/mol.